The van der Waals surface area contributed by atoms with Gasteiger partial charge in [0.1, 0.15) is 18.2 Å². The molecule has 0 saturated carbocycles. The van der Waals surface area contributed by atoms with Crippen molar-refractivity contribution in [2.24, 2.45) is 5.73 Å². The number of hydrogen-bond acceptors (Lipinski definition) is 9. The van der Waals surface area contributed by atoms with E-state index < -0.39 is 37.4 Å². The molecule has 0 spiro atoms. The van der Waals surface area contributed by atoms with E-state index in [1.54, 1.807) is 29.7 Å². The van der Waals surface area contributed by atoms with Crippen LogP contribution in [0.1, 0.15) is 25.2 Å². The molecule has 0 fully saturated rings. The normalized spacial score (nSPS) is 12.1. The number of carbonyl (C=O) groups is 1. The maximum absolute atomic E-state index is 12.8. The van der Waals surface area contributed by atoms with E-state index in [1.807, 2.05) is 37.3 Å². The van der Waals surface area contributed by atoms with Crippen LogP contribution in [0, 0.1) is 0 Å². The summed E-state index contributed by atoms with van der Waals surface area (Å²) in [6.07, 6.45) is 0.0855. The van der Waals surface area contributed by atoms with Crippen LogP contribution < -0.4 is 16.0 Å². The number of aryl methyl sites for hydroxylation is 1. The molecule has 1 aromatic heterocycles. The highest BCUT2D eigenvalue weighted by molar-refractivity contribution is 5.77. The summed E-state index contributed by atoms with van der Waals surface area (Å²) in [6.45, 7) is 3.60. The minimum absolute atomic E-state index is 0.0629. The average molecular weight is 532 g/mol. The molecule has 0 aliphatic rings. The number of rotatable bonds is 13. The van der Waals surface area contributed by atoms with Gasteiger partial charge in [-0.05, 0) is 36.8 Å². The fourth-order valence-corrected chi connectivity index (χ4v) is 3.47. The number of carboxylic acids is 1. The van der Waals surface area contributed by atoms with Crippen LogP contribution in [0.15, 0.2) is 53.3 Å². The summed E-state index contributed by atoms with van der Waals surface area (Å²) >= 11 is 0. The molecule has 38 heavy (non-hydrogen) atoms. The second kappa shape index (κ2) is 15.2. The minimum atomic E-state index is -1.21. The van der Waals surface area contributed by atoms with E-state index in [9.17, 15) is 14.7 Å². The fourth-order valence-electron chi connectivity index (χ4n) is 3.47. The molecule has 0 radical (unpaired) electrons. The first-order valence-electron chi connectivity index (χ1n) is 12.4. The van der Waals surface area contributed by atoms with Gasteiger partial charge in [-0.1, -0.05) is 31.2 Å². The van der Waals surface area contributed by atoms with Gasteiger partial charge < -0.3 is 35.6 Å². The van der Waals surface area contributed by atoms with Crippen LogP contribution in [-0.2, 0) is 28.9 Å². The molecule has 0 bridgehead atoms. The lowest BCUT2D eigenvalue weighted by Gasteiger charge is -2.20. The molecule has 208 valence electrons. The predicted octanol–water partition coefficient (Wildman–Crippen LogP) is 0.731. The number of nitrogens with two attached hydrogens (primary N) is 1. The van der Waals surface area contributed by atoms with Gasteiger partial charge in [0, 0.05) is 19.4 Å². The van der Waals surface area contributed by atoms with Gasteiger partial charge in [-0.3, -0.25) is 9.36 Å². The highest BCUT2D eigenvalue weighted by Crippen LogP contribution is 2.15. The molecule has 1 heterocycles. The van der Waals surface area contributed by atoms with Crippen LogP contribution in [0.2, 0.25) is 0 Å². The largest absolute Gasteiger partial charge is 0.492 e. The van der Waals surface area contributed by atoms with Crippen molar-refractivity contribution in [1.82, 2.24) is 9.55 Å². The molecule has 3 rings (SSSR count). The molecule has 11 heteroatoms. The first-order valence-corrected chi connectivity index (χ1v) is 12.4. The van der Waals surface area contributed by atoms with Crippen molar-refractivity contribution in [2.75, 3.05) is 33.0 Å². The van der Waals surface area contributed by atoms with Crippen LogP contribution in [-0.4, -0.2) is 80.6 Å². The van der Waals surface area contributed by atoms with Gasteiger partial charge in [-0.25, -0.2) is 9.78 Å². The number of aromatic nitrogens is 2. The van der Waals surface area contributed by atoms with Gasteiger partial charge in [0.15, 0.2) is 6.10 Å². The Morgan fingerprint density at radius 2 is 1.68 bits per heavy atom. The maximum atomic E-state index is 12.8. The zero-order chi connectivity index (χ0) is 28.1. The van der Waals surface area contributed by atoms with E-state index in [1.165, 1.54) is 0 Å². The number of para-hydroxylation sites is 1. The minimum Gasteiger partial charge on any atom is -0.492 e. The number of aliphatic carboxylic acids is 1. The molecule has 0 aliphatic heterocycles. The van der Waals surface area contributed by atoms with Crippen LogP contribution in [0.25, 0.3) is 10.9 Å². The van der Waals surface area contributed by atoms with Crippen LogP contribution in [0.4, 0.5) is 0 Å². The van der Waals surface area contributed by atoms with Crippen molar-refractivity contribution in [3.8, 4) is 5.75 Å². The third-order valence-electron chi connectivity index (χ3n) is 5.77. The van der Waals surface area contributed by atoms with Crippen LogP contribution in [0.5, 0.6) is 5.75 Å². The first-order chi connectivity index (χ1) is 18.2. The van der Waals surface area contributed by atoms with Crippen molar-refractivity contribution in [1.29, 1.82) is 0 Å². The lowest BCUT2D eigenvalue weighted by Crippen LogP contribution is -2.50. The molecule has 0 saturated heterocycles. The average Bonchev–Trinajstić information content (AvgIpc) is 2.94. The van der Waals surface area contributed by atoms with Crippen molar-refractivity contribution in [3.63, 3.8) is 0 Å². The summed E-state index contributed by atoms with van der Waals surface area (Å²) in [5.74, 6) is 0.411. The highest BCUT2D eigenvalue weighted by Gasteiger charge is 2.21. The second-order valence-corrected chi connectivity index (χ2v) is 8.67. The zero-order valence-corrected chi connectivity index (χ0v) is 21.7. The van der Waals surface area contributed by atoms with Crippen LogP contribution in [0.3, 0.4) is 0 Å². The quantitative estimate of drug-likeness (QED) is 0.211. The fraction of sp³-hybridized carbons (Fsp3) is 0.444. The standard InChI is InChI=1S/C23H26N2O5.C4H11NO3/c1-3-21-24-19-8-6-5-7-18(19)22(26)25(21)13-14-30-17-11-9-16(10-12-17)15-20(23(27)28)29-4-2;5-4(1-6,2-7)3-8/h5-12,20H,3-4,13-15H2,1-2H3,(H,27,28);6-8H,1-3,5H2. The van der Waals surface area contributed by atoms with E-state index >= 15 is 0 Å². The zero-order valence-electron chi connectivity index (χ0n) is 21.7. The van der Waals surface area contributed by atoms with Crippen LogP contribution >= 0.6 is 0 Å². The second-order valence-electron chi connectivity index (χ2n) is 8.67. The monoisotopic (exact) mass is 531 g/mol. The van der Waals surface area contributed by atoms with Crippen molar-refractivity contribution in [2.45, 2.75) is 44.9 Å². The van der Waals surface area contributed by atoms with E-state index in [2.05, 4.69) is 4.98 Å². The number of aliphatic hydroxyl groups is 3. The molecule has 0 amide bonds. The lowest BCUT2D eigenvalue weighted by molar-refractivity contribution is -0.149. The molecule has 1 atom stereocenters. The number of hydrogen-bond donors (Lipinski definition) is 5. The Morgan fingerprint density at radius 3 is 2.21 bits per heavy atom. The Balaban J connectivity index is 0.000000550. The molecular formula is C27H37N3O8. The number of nitrogens with zero attached hydrogens (tertiary/aromatic N) is 2. The van der Waals surface area contributed by atoms with Gasteiger partial charge >= 0.3 is 5.97 Å². The molecule has 1 unspecified atom stereocenters. The first kappa shape index (κ1) is 30.9. The van der Waals surface area contributed by atoms with Crippen molar-refractivity contribution >= 4 is 16.9 Å². The van der Waals surface area contributed by atoms with Crippen molar-refractivity contribution < 1.29 is 34.7 Å². The van der Waals surface area contributed by atoms with E-state index in [4.69, 9.17) is 30.5 Å². The van der Waals surface area contributed by atoms with E-state index in [-0.39, 0.29) is 5.56 Å². The van der Waals surface area contributed by atoms with Crippen molar-refractivity contribution in [3.05, 3.63) is 70.3 Å². The van der Waals surface area contributed by atoms with Gasteiger partial charge in [-0.2, -0.15) is 0 Å². The summed E-state index contributed by atoms with van der Waals surface area (Å²) in [6, 6.07) is 14.6. The summed E-state index contributed by atoms with van der Waals surface area (Å²) < 4.78 is 12.7. The molecule has 2 aromatic carbocycles. The molecule has 3 aromatic rings. The molecule has 0 aliphatic carbocycles. The summed E-state index contributed by atoms with van der Waals surface area (Å²) in [5.41, 5.74) is 5.43. The Bertz CT molecular complexity index is 1200. The van der Waals surface area contributed by atoms with Gasteiger partial charge in [0.2, 0.25) is 0 Å². The Labute approximate surface area is 221 Å². The maximum Gasteiger partial charge on any atom is 0.333 e. The Kier molecular flexibility index (Phi) is 12.3. The third-order valence-corrected chi connectivity index (χ3v) is 5.77. The molecular weight excluding hydrogens is 494 g/mol. The number of ether oxygens (including phenoxy) is 2. The molecule has 11 nitrogen and oxygen atoms in total. The Morgan fingerprint density at radius 1 is 1.05 bits per heavy atom. The SMILES string of the molecule is CCOC(Cc1ccc(OCCn2c(CC)nc3ccccc3c2=O)cc1)C(=O)O.NC(CO)(CO)CO. The summed E-state index contributed by atoms with van der Waals surface area (Å²) in [7, 11) is 0. The molecule has 6 N–H and O–H groups in total. The van der Waals surface area contributed by atoms with Gasteiger partial charge in [-0.15, -0.1) is 0 Å². The lowest BCUT2D eigenvalue weighted by atomic mass is 10.1. The topological polar surface area (TPSA) is 177 Å². The summed E-state index contributed by atoms with van der Waals surface area (Å²) in [4.78, 5) is 28.6. The smallest absolute Gasteiger partial charge is 0.333 e. The third kappa shape index (κ3) is 8.61. The number of carboxylic acid groups (broad SMARTS) is 1. The van der Waals surface area contributed by atoms with E-state index in [0.717, 1.165) is 11.4 Å². The highest BCUT2D eigenvalue weighted by atomic mass is 16.5. The van der Waals surface area contributed by atoms with E-state index in [0.29, 0.717) is 49.3 Å². The number of fused-ring (bicyclic) bond motifs is 1. The van der Waals surface area contributed by atoms with Gasteiger partial charge in [0.25, 0.3) is 5.56 Å². The Hall–Kier alpha value is -3.35. The summed E-state index contributed by atoms with van der Waals surface area (Å²) in [5, 5.41) is 34.8. The predicted molar refractivity (Wildman–Crippen MR) is 142 cm³/mol. The van der Waals surface area contributed by atoms with Gasteiger partial charge in [0.05, 0.1) is 42.8 Å². The number of benzene rings is 2. The number of aliphatic hydroxyl groups excluding tert-OH is 3.